The van der Waals surface area contributed by atoms with Gasteiger partial charge >= 0.3 is 19.8 Å². The molecule has 0 aliphatic rings. The van der Waals surface area contributed by atoms with Gasteiger partial charge in [0.05, 0.1) is 6.61 Å². The van der Waals surface area contributed by atoms with E-state index >= 15 is 0 Å². The van der Waals surface area contributed by atoms with E-state index < -0.39 is 32.5 Å². The molecule has 0 saturated carbocycles. The van der Waals surface area contributed by atoms with Gasteiger partial charge in [-0.1, -0.05) is 225 Å². The molecule has 0 saturated heterocycles. The summed E-state index contributed by atoms with van der Waals surface area (Å²) in [7, 11) is -4.75. The second kappa shape index (κ2) is 44.3. The van der Waals surface area contributed by atoms with E-state index in [1.807, 2.05) is 0 Å². The van der Waals surface area contributed by atoms with Crippen molar-refractivity contribution in [3.8, 4) is 0 Å². The number of unbranched alkanes of at least 4 members (excludes halogenated alkanes) is 34. The van der Waals surface area contributed by atoms with Crippen LogP contribution >= 0.6 is 7.82 Å². The Kier molecular flexibility index (Phi) is 43.4. The average molecular weight is 829 g/mol. The first-order valence-corrected chi connectivity index (χ1v) is 26.0. The molecule has 0 spiro atoms. The second-order valence-corrected chi connectivity index (χ2v) is 18.0. The zero-order valence-electron chi connectivity index (χ0n) is 37.5. The lowest BCUT2D eigenvalue weighted by Crippen LogP contribution is -2.29. The van der Waals surface area contributed by atoms with Crippen LogP contribution in [0.4, 0.5) is 0 Å². The van der Waals surface area contributed by atoms with Crippen LogP contribution in [0, 0.1) is 0 Å². The summed E-state index contributed by atoms with van der Waals surface area (Å²) in [6, 6.07) is 0. The summed E-state index contributed by atoms with van der Waals surface area (Å²) in [6.45, 7) is 3.73. The first-order chi connectivity index (χ1) is 27.8. The number of carbonyl (C=O) groups excluding carboxylic acids is 2. The van der Waals surface area contributed by atoms with Gasteiger partial charge in [0.25, 0.3) is 0 Å². The van der Waals surface area contributed by atoms with Crippen molar-refractivity contribution in [1.82, 2.24) is 0 Å². The molecule has 9 heteroatoms. The summed E-state index contributed by atoms with van der Waals surface area (Å²) in [5, 5.41) is 0. The molecule has 57 heavy (non-hydrogen) atoms. The van der Waals surface area contributed by atoms with Crippen LogP contribution in [0.25, 0.3) is 0 Å². The number of esters is 2. The molecule has 0 aromatic rings. The van der Waals surface area contributed by atoms with Crippen LogP contribution in [-0.4, -0.2) is 41.0 Å². The van der Waals surface area contributed by atoms with Gasteiger partial charge in [-0.3, -0.25) is 14.1 Å². The summed E-state index contributed by atoms with van der Waals surface area (Å²) in [6.07, 6.45) is 50.8. The van der Waals surface area contributed by atoms with Crippen molar-refractivity contribution >= 4 is 19.8 Å². The minimum Gasteiger partial charge on any atom is -0.462 e. The SMILES string of the molecule is CCCCCCCC/C=C/CCCCCCCCCCCCCC(=O)O[C@H](COC(=O)CCCCCCCCCCCCCCCCCCCC)COP(=O)(O)O. The van der Waals surface area contributed by atoms with Gasteiger partial charge < -0.3 is 19.3 Å². The third-order valence-corrected chi connectivity index (χ3v) is 11.5. The first kappa shape index (κ1) is 55.8. The second-order valence-electron chi connectivity index (χ2n) is 16.8. The van der Waals surface area contributed by atoms with E-state index in [-0.39, 0.29) is 19.4 Å². The summed E-state index contributed by atoms with van der Waals surface area (Å²) in [5.41, 5.74) is 0. The number of hydrogen-bond donors (Lipinski definition) is 2. The van der Waals surface area contributed by atoms with Gasteiger partial charge in [0, 0.05) is 12.8 Å². The smallest absolute Gasteiger partial charge is 0.462 e. The maximum Gasteiger partial charge on any atom is 0.469 e. The number of rotatable bonds is 46. The predicted octanol–water partition coefficient (Wildman–Crippen LogP) is 15.4. The predicted molar refractivity (Wildman–Crippen MR) is 239 cm³/mol. The standard InChI is InChI=1S/C48H93O8P/c1-3-5-7-9-11-13-15-17-19-21-23-24-25-27-29-31-33-35-37-39-41-43-48(50)56-46(45-55-57(51,52)53)44-54-47(49)42-40-38-36-34-32-30-28-26-22-20-18-16-14-12-10-8-6-4-2/h17,19,46H,3-16,18,20-45H2,1-2H3,(H2,51,52,53)/b19-17+/t46-/m1/s1. The molecule has 0 aliphatic carbocycles. The van der Waals surface area contributed by atoms with E-state index in [1.165, 1.54) is 193 Å². The molecular formula is C48H93O8P. The molecule has 338 valence electrons. The Hall–Kier alpha value is -1.21. The molecule has 0 heterocycles. The van der Waals surface area contributed by atoms with Gasteiger partial charge in [0.2, 0.25) is 0 Å². The highest BCUT2D eigenvalue weighted by atomic mass is 31.2. The van der Waals surface area contributed by atoms with Crippen LogP contribution in [0.3, 0.4) is 0 Å². The van der Waals surface area contributed by atoms with Crippen molar-refractivity contribution < 1.29 is 37.9 Å². The van der Waals surface area contributed by atoms with E-state index in [0.29, 0.717) is 6.42 Å². The van der Waals surface area contributed by atoms with Gasteiger partial charge in [0.15, 0.2) is 6.10 Å². The van der Waals surface area contributed by atoms with Gasteiger partial charge in [0.1, 0.15) is 6.61 Å². The summed E-state index contributed by atoms with van der Waals surface area (Å²) >= 11 is 0. The summed E-state index contributed by atoms with van der Waals surface area (Å²) in [5.74, 6) is -0.868. The van der Waals surface area contributed by atoms with Crippen LogP contribution in [0.15, 0.2) is 12.2 Å². The Labute approximate surface area is 352 Å². The normalized spacial score (nSPS) is 12.4. The van der Waals surface area contributed by atoms with E-state index in [1.54, 1.807) is 0 Å². The fraction of sp³-hybridized carbons (Fsp3) is 0.917. The van der Waals surface area contributed by atoms with Crippen molar-refractivity contribution in [2.75, 3.05) is 13.2 Å². The number of phosphoric acid groups is 1. The zero-order chi connectivity index (χ0) is 41.8. The minimum atomic E-state index is -4.75. The van der Waals surface area contributed by atoms with Crippen LogP contribution in [0.2, 0.25) is 0 Å². The minimum absolute atomic E-state index is 0.216. The molecule has 0 aromatic heterocycles. The molecule has 0 unspecified atom stereocenters. The van der Waals surface area contributed by atoms with Crippen LogP contribution in [-0.2, 0) is 28.2 Å². The number of phosphoric ester groups is 1. The highest BCUT2D eigenvalue weighted by molar-refractivity contribution is 7.46. The zero-order valence-corrected chi connectivity index (χ0v) is 38.4. The van der Waals surface area contributed by atoms with Crippen LogP contribution in [0.5, 0.6) is 0 Å². The van der Waals surface area contributed by atoms with Gasteiger partial charge in [-0.25, -0.2) is 4.57 Å². The molecule has 0 bridgehead atoms. The van der Waals surface area contributed by atoms with Gasteiger partial charge in [-0.05, 0) is 38.5 Å². The van der Waals surface area contributed by atoms with Crippen LogP contribution < -0.4 is 0 Å². The summed E-state index contributed by atoms with van der Waals surface area (Å²) < 4.78 is 26.5. The third kappa shape index (κ3) is 47.3. The Bertz CT molecular complexity index is 935. The molecule has 0 radical (unpaired) electrons. The third-order valence-electron chi connectivity index (χ3n) is 11.0. The Morgan fingerprint density at radius 1 is 0.439 bits per heavy atom. The van der Waals surface area contributed by atoms with Gasteiger partial charge in [-0.15, -0.1) is 0 Å². The fourth-order valence-corrected chi connectivity index (χ4v) is 7.73. The molecule has 0 aliphatic heterocycles. The molecule has 0 fully saturated rings. The van der Waals surface area contributed by atoms with E-state index in [9.17, 15) is 14.2 Å². The van der Waals surface area contributed by atoms with Crippen LogP contribution in [0.1, 0.15) is 264 Å². The molecule has 8 nitrogen and oxygen atoms in total. The highest BCUT2D eigenvalue weighted by Crippen LogP contribution is 2.36. The van der Waals surface area contributed by atoms with Crippen molar-refractivity contribution in [2.45, 2.75) is 270 Å². The lowest BCUT2D eigenvalue weighted by molar-refractivity contribution is -0.161. The van der Waals surface area contributed by atoms with E-state index in [4.69, 9.17) is 19.3 Å². The van der Waals surface area contributed by atoms with E-state index in [0.717, 1.165) is 38.5 Å². The molecule has 0 amide bonds. The number of hydrogen-bond acceptors (Lipinski definition) is 6. The largest absolute Gasteiger partial charge is 0.469 e. The maximum atomic E-state index is 12.5. The summed E-state index contributed by atoms with van der Waals surface area (Å²) in [4.78, 5) is 43.0. The lowest BCUT2D eigenvalue weighted by Gasteiger charge is -2.18. The van der Waals surface area contributed by atoms with Crippen molar-refractivity contribution in [3.05, 3.63) is 12.2 Å². The topological polar surface area (TPSA) is 119 Å². The van der Waals surface area contributed by atoms with Gasteiger partial charge in [-0.2, -0.15) is 0 Å². The average Bonchev–Trinajstić information content (AvgIpc) is 3.18. The first-order valence-electron chi connectivity index (χ1n) is 24.5. The number of ether oxygens (including phenoxy) is 2. The molecule has 2 N–H and O–H groups in total. The lowest BCUT2D eigenvalue weighted by atomic mass is 10.0. The molecule has 0 rings (SSSR count). The Balaban J connectivity index is 3.80. The van der Waals surface area contributed by atoms with Crippen molar-refractivity contribution in [3.63, 3.8) is 0 Å². The number of carbonyl (C=O) groups is 2. The quantitative estimate of drug-likeness (QED) is 0.0269. The number of allylic oxidation sites excluding steroid dienone is 2. The fourth-order valence-electron chi connectivity index (χ4n) is 7.37. The van der Waals surface area contributed by atoms with E-state index in [2.05, 4.69) is 30.5 Å². The van der Waals surface area contributed by atoms with Crippen molar-refractivity contribution in [1.29, 1.82) is 0 Å². The monoisotopic (exact) mass is 829 g/mol. The highest BCUT2D eigenvalue weighted by Gasteiger charge is 2.23. The van der Waals surface area contributed by atoms with Crippen molar-refractivity contribution in [2.24, 2.45) is 0 Å². The maximum absolute atomic E-state index is 12.5. The Morgan fingerprint density at radius 2 is 0.737 bits per heavy atom. The Morgan fingerprint density at radius 3 is 1.07 bits per heavy atom. The molecular weight excluding hydrogens is 735 g/mol. The molecule has 0 aromatic carbocycles. The molecule has 1 atom stereocenters.